The zero-order valence-electron chi connectivity index (χ0n) is 18.0. The molecule has 0 amide bonds. The molecule has 2 aromatic heterocycles. The predicted molar refractivity (Wildman–Crippen MR) is 131 cm³/mol. The lowest BCUT2D eigenvalue weighted by atomic mass is 9.82. The molecule has 6 aromatic rings. The van der Waals surface area contributed by atoms with Gasteiger partial charge in [-0.05, 0) is 39.8 Å². The Morgan fingerprint density at radius 1 is 0.750 bits per heavy atom. The second-order valence-corrected chi connectivity index (χ2v) is 9.14. The van der Waals surface area contributed by atoms with Gasteiger partial charge < -0.3 is 0 Å². The molecule has 0 radical (unpaired) electrons. The fourth-order valence-corrected chi connectivity index (χ4v) is 5.71. The molecule has 1 aliphatic rings. The summed E-state index contributed by atoms with van der Waals surface area (Å²) in [6.45, 7) is 4.67. The Bertz CT molecular complexity index is 1690. The lowest BCUT2D eigenvalue weighted by molar-refractivity contribution is 0.661. The van der Waals surface area contributed by atoms with Crippen molar-refractivity contribution in [3.05, 3.63) is 103 Å². The summed E-state index contributed by atoms with van der Waals surface area (Å²) in [6.07, 6.45) is 3.45. The van der Waals surface area contributed by atoms with Gasteiger partial charge in [0, 0.05) is 27.8 Å². The molecule has 4 aromatic carbocycles. The van der Waals surface area contributed by atoms with Crippen LogP contribution < -0.4 is 0 Å². The SMILES string of the molecule is CC1(C)c2ccccc2-c2c1ccc1ccc3c4ccccc4n(-c4ccncn4)c3c21. The van der Waals surface area contributed by atoms with Crippen molar-refractivity contribution in [2.75, 3.05) is 0 Å². The third-order valence-electron chi connectivity index (χ3n) is 7.16. The van der Waals surface area contributed by atoms with E-state index in [1.54, 1.807) is 6.33 Å². The normalized spacial score (nSPS) is 14.2. The second kappa shape index (κ2) is 6.04. The highest BCUT2D eigenvalue weighted by Crippen LogP contribution is 2.52. The first-order valence-corrected chi connectivity index (χ1v) is 11.0. The molecule has 1 aliphatic carbocycles. The maximum atomic E-state index is 4.65. The van der Waals surface area contributed by atoms with Crippen molar-refractivity contribution in [1.29, 1.82) is 0 Å². The highest BCUT2D eigenvalue weighted by molar-refractivity contribution is 6.23. The van der Waals surface area contributed by atoms with E-state index in [-0.39, 0.29) is 5.41 Å². The molecule has 0 fully saturated rings. The summed E-state index contributed by atoms with van der Waals surface area (Å²) in [6, 6.07) is 28.6. The van der Waals surface area contributed by atoms with Crippen molar-refractivity contribution in [3.63, 3.8) is 0 Å². The highest BCUT2D eigenvalue weighted by atomic mass is 15.1. The van der Waals surface area contributed by atoms with Crippen LogP contribution in [-0.4, -0.2) is 14.5 Å². The summed E-state index contributed by atoms with van der Waals surface area (Å²) >= 11 is 0. The lowest BCUT2D eigenvalue weighted by Crippen LogP contribution is -2.14. The minimum absolute atomic E-state index is 0.0337. The molecule has 0 aliphatic heterocycles. The van der Waals surface area contributed by atoms with E-state index in [1.807, 2.05) is 12.3 Å². The minimum atomic E-state index is -0.0337. The standard InChI is InChI=1S/C29H21N3/c1-29(2)22-9-5-3-8-21(22)27-23(29)14-12-18-11-13-20-19-7-4-6-10-24(19)32(28(20)26(18)27)25-15-16-30-17-31-25/h3-17H,1-2H3. The minimum Gasteiger partial charge on any atom is -0.293 e. The van der Waals surface area contributed by atoms with Crippen LogP contribution in [0.2, 0.25) is 0 Å². The van der Waals surface area contributed by atoms with E-state index >= 15 is 0 Å². The average Bonchev–Trinajstić information content (AvgIpc) is 3.29. The van der Waals surface area contributed by atoms with Crippen molar-refractivity contribution in [2.24, 2.45) is 0 Å². The van der Waals surface area contributed by atoms with Crippen LogP contribution in [-0.2, 0) is 5.41 Å². The zero-order valence-corrected chi connectivity index (χ0v) is 18.0. The van der Waals surface area contributed by atoms with Gasteiger partial charge in [0.15, 0.2) is 0 Å². The van der Waals surface area contributed by atoms with E-state index in [1.165, 1.54) is 49.3 Å². The lowest BCUT2D eigenvalue weighted by Gasteiger charge is -2.21. The summed E-state index contributed by atoms with van der Waals surface area (Å²) < 4.78 is 2.31. The van der Waals surface area contributed by atoms with Gasteiger partial charge in [-0.2, -0.15) is 0 Å². The van der Waals surface area contributed by atoms with Gasteiger partial charge in [-0.15, -0.1) is 0 Å². The van der Waals surface area contributed by atoms with Crippen molar-refractivity contribution in [3.8, 4) is 16.9 Å². The summed E-state index contributed by atoms with van der Waals surface area (Å²) in [5.74, 6) is 0.891. The Kier molecular flexibility index (Phi) is 3.34. The molecule has 7 rings (SSSR count). The Balaban J connectivity index is 1.78. The van der Waals surface area contributed by atoms with Crippen LogP contribution in [0.4, 0.5) is 0 Å². The molecular formula is C29H21N3. The maximum Gasteiger partial charge on any atom is 0.140 e. The van der Waals surface area contributed by atoms with Crippen molar-refractivity contribution in [1.82, 2.24) is 14.5 Å². The fourth-order valence-electron chi connectivity index (χ4n) is 5.71. The quantitative estimate of drug-likeness (QED) is 0.291. The van der Waals surface area contributed by atoms with Crippen LogP contribution in [0.5, 0.6) is 0 Å². The van der Waals surface area contributed by atoms with E-state index in [0.717, 1.165) is 11.3 Å². The zero-order chi connectivity index (χ0) is 21.4. The summed E-state index contributed by atoms with van der Waals surface area (Å²) in [5, 5.41) is 5.04. The summed E-state index contributed by atoms with van der Waals surface area (Å²) in [5.41, 5.74) is 7.82. The van der Waals surface area contributed by atoms with Gasteiger partial charge in [-0.3, -0.25) is 4.57 Å². The van der Waals surface area contributed by atoms with E-state index in [9.17, 15) is 0 Å². The number of nitrogens with zero attached hydrogens (tertiary/aromatic N) is 3. The fraction of sp³-hybridized carbons (Fsp3) is 0.103. The summed E-state index contributed by atoms with van der Waals surface area (Å²) in [7, 11) is 0. The number of aromatic nitrogens is 3. The van der Waals surface area contributed by atoms with E-state index in [4.69, 9.17) is 0 Å². The van der Waals surface area contributed by atoms with Crippen LogP contribution in [0.25, 0.3) is 49.5 Å². The first kappa shape index (κ1) is 17.7. The van der Waals surface area contributed by atoms with Crippen LogP contribution in [0.15, 0.2) is 91.4 Å². The molecular weight excluding hydrogens is 390 g/mol. The molecule has 0 saturated carbocycles. The molecule has 0 saturated heterocycles. The van der Waals surface area contributed by atoms with Gasteiger partial charge in [0.1, 0.15) is 12.1 Å². The number of benzene rings is 4. The van der Waals surface area contributed by atoms with Gasteiger partial charge in [-0.25, -0.2) is 9.97 Å². The van der Waals surface area contributed by atoms with Crippen molar-refractivity contribution in [2.45, 2.75) is 19.3 Å². The topological polar surface area (TPSA) is 30.7 Å². The number of para-hydroxylation sites is 1. The van der Waals surface area contributed by atoms with Gasteiger partial charge >= 0.3 is 0 Å². The number of rotatable bonds is 1. The van der Waals surface area contributed by atoms with Crippen LogP contribution in [0, 0.1) is 0 Å². The second-order valence-electron chi connectivity index (χ2n) is 9.14. The molecule has 0 atom stereocenters. The predicted octanol–water partition coefficient (Wildman–Crippen LogP) is 7.03. The number of hydrogen-bond acceptors (Lipinski definition) is 2. The number of hydrogen-bond donors (Lipinski definition) is 0. The van der Waals surface area contributed by atoms with E-state index in [2.05, 4.69) is 101 Å². The molecule has 0 bridgehead atoms. The molecule has 0 N–H and O–H groups in total. The molecule has 3 nitrogen and oxygen atoms in total. The maximum absolute atomic E-state index is 4.65. The van der Waals surface area contributed by atoms with Crippen molar-refractivity contribution < 1.29 is 0 Å². The van der Waals surface area contributed by atoms with Crippen LogP contribution >= 0.6 is 0 Å². The molecule has 2 heterocycles. The third kappa shape index (κ3) is 2.10. The monoisotopic (exact) mass is 411 g/mol. The Labute approximate surface area is 186 Å². The van der Waals surface area contributed by atoms with Gasteiger partial charge in [0.2, 0.25) is 0 Å². The van der Waals surface area contributed by atoms with Crippen molar-refractivity contribution >= 4 is 32.6 Å². The number of fused-ring (bicyclic) bond motifs is 9. The Hall–Kier alpha value is -3.98. The molecule has 32 heavy (non-hydrogen) atoms. The molecule has 152 valence electrons. The molecule has 0 spiro atoms. The molecule has 0 unspecified atom stereocenters. The largest absolute Gasteiger partial charge is 0.293 e. The van der Waals surface area contributed by atoms with Crippen LogP contribution in [0.1, 0.15) is 25.0 Å². The van der Waals surface area contributed by atoms with Gasteiger partial charge in [0.05, 0.1) is 11.0 Å². The molecule has 3 heteroatoms. The van der Waals surface area contributed by atoms with E-state index in [0.29, 0.717) is 0 Å². The van der Waals surface area contributed by atoms with E-state index < -0.39 is 0 Å². The first-order valence-electron chi connectivity index (χ1n) is 11.0. The highest BCUT2D eigenvalue weighted by Gasteiger charge is 2.36. The Morgan fingerprint density at radius 2 is 1.56 bits per heavy atom. The summed E-state index contributed by atoms with van der Waals surface area (Å²) in [4.78, 5) is 8.81. The van der Waals surface area contributed by atoms with Gasteiger partial charge in [-0.1, -0.05) is 80.6 Å². The van der Waals surface area contributed by atoms with Gasteiger partial charge in [0.25, 0.3) is 0 Å². The average molecular weight is 412 g/mol. The smallest absolute Gasteiger partial charge is 0.140 e. The third-order valence-corrected chi connectivity index (χ3v) is 7.16. The van der Waals surface area contributed by atoms with Crippen LogP contribution in [0.3, 0.4) is 0 Å². The Morgan fingerprint density at radius 3 is 2.44 bits per heavy atom. The first-order chi connectivity index (χ1) is 15.7.